The van der Waals surface area contributed by atoms with Crippen molar-refractivity contribution >= 4 is 0 Å². The normalized spacial score (nSPS) is 37.2. The van der Waals surface area contributed by atoms with Crippen molar-refractivity contribution in [3.05, 3.63) is 0 Å². The maximum absolute atomic E-state index is 6.02. The van der Waals surface area contributed by atoms with Gasteiger partial charge in [0.25, 0.3) is 0 Å². The molecule has 0 radical (unpaired) electrons. The van der Waals surface area contributed by atoms with Gasteiger partial charge in [0.15, 0.2) is 6.29 Å². The fraction of sp³-hybridized carbons (Fsp3) is 1.00. The number of hydrogen-bond acceptors (Lipinski definition) is 4. The molecule has 1 aliphatic carbocycles. The highest BCUT2D eigenvalue weighted by Gasteiger charge is 2.58. The second kappa shape index (κ2) is 5.65. The minimum atomic E-state index is 0.0399. The van der Waals surface area contributed by atoms with Crippen molar-refractivity contribution in [2.24, 2.45) is 11.8 Å². The highest BCUT2D eigenvalue weighted by atomic mass is 16.7. The molecule has 0 spiro atoms. The van der Waals surface area contributed by atoms with E-state index in [0.29, 0.717) is 24.0 Å². The van der Waals surface area contributed by atoms with Crippen LogP contribution in [0, 0.1) is 11.8 Å². The summed E-state index contributed by atoms with van der Waals surface area (Å²) in [5, 5.41) is 2.04. The molecule has 0 aromatic heterocycles. The number of rotatable bonds is 7. The van der Waals surface area contributed by atoms with Gasteiger partial charge in [0.1, 0.15) is 0 Å². The maximum atomic E-state index is 6.02. The predicted molar refractivity (Wildman–Crippen MR) is 67.4 cm³/mol. The monoisotopic (exact) mass is 242 g/mol. The Morgan fingerprint density at radius 1 is 1.41 bits per heavy atom. The zero-order valence-corrected chi connectivity index (χ0v) is 11.5. The summed E-state index contributed by atoms with van der Waals surface area (Å²) < 4.78 is 11.4. The summed E-state index contributed by atoms with van der Waals surface area (Å²) in [6, 6.07) is 0.431. The van der Waals surface area contributed by atoms with Gasteiger partial charge in [-0.3, -0.25) is 10.4 Å². The Kier molecular flexibility index (Phi) is 4.42. The van der Waals surface area contributed by atoms with Crippen LogP contribution in [-0.2, 0) is 9.47 Å². The quantitative estimate of drug-likeness (QED) is 0.688. The van der Waals surface area contributed by atoms with Crippen LogP contribution < -0.4 is 5.43 Å². The lowest BCUT2D eigenvalue weighted by molar-refractivity contribution is -0.146. The van der Waals surface area contributed by atoms with E-state index in [1.807, 2.05) is 19.1 Å². The number of ether oxygens (including phenoxy) is 2. The van der Waals surface area contributed by atoms with Crippen molar-refractivity contribution in [2.75, 3.05) is 21.2 Å². The Balaban J connectivity index is 1.91. The Morgan fingerprint density at radius 2 is 2.18 bits per heavy atom. The molecular weight excluding hydrogens is 216 g/mol. The first-order chi connectivity index (χ1) is 8.17. The highest BCUT2D eigenvalue weighted by molar-refractivity contribution is 5.03. The molecule has 2 aliphatic rings. The van der Waals surface area contributed by atoms with Crippen LogP contribution in [0.3, 0.4) is 0 Å². The third-order valence-corrected chi connectivity index (χ3v) is 3.88. The Labute approximate surface area is 105 Å². The van der Waals surface area contributed by atoms with Crippen LogP contribution in [0.1, 0.15) is 32.6 Å². The second-order valence-corrected chi connectivity index (χ2v) is 5.54. The number of nitrogens with zero attached hydrogens (tertiary/aromatic N) is 1. The van der Waals surface area contributed by atoms with E-state index < -0.39 is 0 Å². The molecule has 4 heteroatoms. The zero-order valence-electron chi connectivity index (χ0n) is 11.5. The van der Waals surface area contributed by atoms with Gasteiger partial charge in [-0.25, -0.2) is 0 Å². The fourth-order valence-electron chi connectivity index (χ4n) is 2.96. The number of fused-ring (bicyclic) bond motifs is 1. The van der Waals surface area contributed by atoms with E-state index in [4.69, 9.17) is 9.47 Å². The van der Waals surface area contributed by atoms with E-state index in [-0.39, 0.29) is 6.29 Å². The van der Waals surface area contributed by atoms with Crippen molar-refractivity contribution < 1.29 is 9.47 Å². The predicted octanol–water partition coefficient (Wildman–Crippen LogP) is 1.62. The van der Waals surface area contributed by atoms with Gasteiger partial charge < -0.3 is 9.47 Å². The molecule has 2 rings (SSSR count). The molecule has 0 aromatic rings. The van der Waals surface area contributed by atoms with E-state index in [1.165, 1.54) is 25.7 Å². The van der Waals surface area contributed by atoms with E-state index in [1.54, 1.807) is 7.11 Å². The average Bonchev–Trinajstić information content (AvgIpc) is 3.00. The van der Waals surface area contributed by atoms with Crippen molar-refractivity contribution in [3.8, 4) is 0 Å². The molecule has 4 nitrogen and oxygen atoms in total. The minimum absolute atomic E-state index is 0.0399. The summed E-state index contributed by atoms with van der Waals surface area (Å²) in [6.45, 7) is 2.24. The van der Waals surface area contributed by atoms with Crippen LogP contribution in [0.2, 0.25) is 0 Å². The van der Waals surface area contributed by atoms with Crippen LogP contribution in [0.25, 0.3) is 0 Å². The molecule has 1 aliphatic heterocycles. The van der Waals surface area contributed by atoms with E-state index >= 15 is 0 Å². The van der Waals surface area contributed by atoms with Gasteiger partial charge in [-0.1, -0.05) is 19.8 Å². The summed E-state index contributed by atoms with van der Waals surface area (Å²) in [5.41, 5.74) is 3.51. The van der Waals surface area contributed by atoms with Crippen molar-refractivity contribution in [3.63, 3.8) is 0 Å². The summed E-state index contributed by atoms with van der Waals surface area (Å²) >= 11 is 0. The summed E-state index contributed by atoms with van der Waals surface area (Å²) in [6.07, 6.45) is 5.32. The lowest BCUT2D eigenvalue weighted by atomic mass is 10.0. The zero-order chi connectivity index (χ0) is 12.4. The number of nitrogens with one attached hydrogen (secondary N) is 1. The molecule has 0 unspecified atom stereocenters. The van der Waals surface area contributed by atoms with Gasteiger partial charge in [-0.2, -0.15) is 0 Å². The molecule has 1 saturated heterocycles. The number of hydrazine groups is 1. The maximum Gasteiger partial charge on any atom is 0.160 e. The summed E-state index contributed by atoms with van der Waals surface area (Å²) in [5.74, 6) is 1.37. The molecule has 100 valence electrons. The van der Waals surface area contributed by atoms with Gasteiger partial charge in [0, 0.05) is 33.2 Å². The van der Waals surface area contributed by atoms with E-state index in [0.717, 1.165) is 0 Å². The third kappa shape index (κ3) is 2.99. The number of unbranched alkanes of at least 4 members (excludes halogenated alkanes) is 1. The van der Waals surface area contributed by atoms with Crippen molar-refractivity contribution in [1.82, 2.24) is 10.4 Å². The summed E-state index contributed by atoms with van der Waals surface area (Å²) in [4.78, 5) is 0. The second-order valence-electron chi connectivity index (χ2n) is 5.54. The molecule has 0 amide bonds. The Hall–Kier alpha value is -0.160. The van der Waals surface area contributed by atoms with Crippen molar-refractivity contribution in [2.45, 2.75) is 51.0 Å². The lowest BCUT2D eigenvalue weighted by Crippen LogP contribution is -2.48. The SMILES string of the molecule is CCCC[C@H](NN(C)C)[C@H]1O[C@H](OC)[C@H]2C[C@H]21. The smallest absolute Gasteiger partial charge is 0.160 e. The molecule has 0 aromatic carbocycles. The van der Waals surface area contributed by atoms with E-state index in [9.17, 15) is 0 Å². The van der Waals surface area contributed by atoms with Crippen LogP contribution in [-0.4, -0.2) is 44.6 Å². The first-order valence-electron chi connectivity index (χ1n) is 6.79. The molecule has 0 bridgehead atoms. The first kappa shape index (κ1) is 13.3. The molecule has 1 heterocycles. The molecule has 5 atom stereocenters. The number of methoxy groups -OCH3 is 1. The van der Waals surface area contributed by atoms with E-state index in [2.05, 4.69) is 12.3 Å². The Morgan fingerprint density at radius 3 is 2.71 bits per heavy atom. The van der Waals surface area contributed by atoms with Gasteiger partial charge in [-0.05, 0) is 18.8 Å². The van der Waals surface area contributed by atoms with Crippen LogP contribution in [0.4, 0.5) is 0 Å². The molecule has 1 N–H and O–H groups in total. The Bertz CT molecular complexity index is 248. The molecule has 1 saturated carbocycles. The summed E-state index contributed by atoms with van der Waals surface area (Å²) in [7, 11) is 5.85. The van der Waals surface area contributed by atoms with Crippen LogP contribution >= 0.6 is 0 Å². The highest BCUT2D eigenvalue weighted by Crippen LogP contribution is 2.53. The van der Waals surface area contributed by atoms with Crippen LogP contribution in [0.15, 0.2) is 0 Å². The van der Waals surface area contributed by atoms with Gasteiger partial charge in [0.05, 0.1) is 6.10 Å². The topological polar surface area (TPSA) is 33.7 Å². The number of hydrogen-bond donors (Lipinski definition) is 1. The molecule has 2 fully saturated rings. The van der Waals surface area contributed by atoms with Gasteiger partial charge in [-0.15, -0.1) is 0 Å². The van der Waals surface area contributed by atoms with Gasteiger partial charge >= 0.3 is 0 Å². The molecular formula is C13H26N2O2. The van der Waals surface area contributed by atoms with Gasteiger partial charge in [0.2, 0.25) is 0 Å². The largest absolute Gasteiger partial charge is 0.356 e. The fourth-order valence-corrected chi connectivity index (χ4v) is 2.96. The third-order valence-electron chi connectivity index (χ3n) is 3.88. The molecule has 17 heavy (non-hydrogen) atoms. The standard InChI is InChI=1S/C13H26N2O2/c1-5-6-7-11(14-15(2)3)12-9-8-10(9)13(16-4)17-12/h9-14H,5-8H2,1-4H3/t9-,10+,11+,12+,13+/m1/s1. The average molecular weight is 242 g/mol. The van der Waals surface area contributed by atoms with Crippen LogP contribution in [0.5, 0.6) is 0 Å². The van der Waals surface area contributed by atoms with Crippen molar-refractivity contribution in [1.29, 1.82) is 0 Å². The lowest BCUT2D eigenvalue weighted by Gasteiger charge is -2.29. The first-order valence-corrected chi connectivity index (χ1v) is 6.79. The minimum Gasteiger partial charge on any atom is -0.356 e.